The SMILES string of the molecule is CS(=O)(=O)Nc1ccc2c(c1)oc(=O)n2CC(=O)O[C@@H](Cc1c(Cl)c[n+]([O-])cc1Cl)c1ccc(OC(F)F)c(OCC2CC2)c1. The fourth-order valence-corrected chi connectivity index (χ4v) is 5.63. The van der Waals surface area contributed by atoms with Gasteiger partial charge in [-0.05, 0) is 48.6 Å². The van der Waals surface area contributed by atoms with Gasteiger partial charge in [0, 0.05) is 18.1 Å². The quantitative estimate of drug-likeness (QED) is 0.118. The molecule has 1 fully saturated rings. The molecule has 0 aliphatic heterocycles. The molecule has 240 valence electrons. The van der Waals surface area contributed by atoms with E-state index in [2.05, 4.69) is 9.46 Å². The summed E-state index contributed by atoms with van der Waals surface area (Å²) in [4.78, 5) is 25.9. The summed E-state index contributed by atoms with van der Waals surface area (Å²) in [6.07, 6.45) is 3.66. The first-order valence-corrected chi connectivity index (χ1v) is 16.0. The number of carbonyl (C=O) groups is 1. The van der Waals surface area contributed by atoms with Gasteiger partial charge in [-0.15, -0.1) is 0 Å². The highest BCUT2D eigenvalue weighted by atomic mass is 35.5. The number of ether oxygens (including phenoxy) is 3. The summed E-state index contributed by atoms with van der Waals surface area (Å²) >= 11 is 12.6. The van der Waals surface area contributed by atoms with E-state index in [1.54, 1.807) is 0 Å². The summed E-state index contributed by atoms with van der Waals surface area (Å²) in [5.41, 5.74) is 0.893. The molecule has 1 atom stereocenters. The number of carbonyl (C=O) groups excluding carboxylic acids is 1. The molecule has 12 nitrogen and oxygen atoms in total. The van der Waals surface area contributed by atoms with Crippen LogP contribution in [0.4, 0.5) is 14.5 Å². The molecule has 0 spiro atoms. The number of nitrogens with zero attached hydrogens (tertiary/aromatic N) is 2. The number of nitrogens with one attached hydrogen (secondary N) is 1. The zero-order valence-corrected chi connectivity index (χ0v) is 25.7. The molecule has 1 N–H and O–H groups in total. The Kier molecular flexibility index (Phi) is 9.41. The van der Waals surface area contributed by atoms with Gasteiger partial charge in [-0.1, -0.05) is 29.3 Å². The Morgan fingerprint density at radius 1 is 1.16 bits per heavy atom. The Hall–Kier alpha value is -4.08. The van der Waals surface area contributed by atoms with Gasteiger partial charge in [-0.25, -0.2) is 13.2 Å². The van der Waals surface area contributed by atoms with Crippen LogP contribution in [0.5, 0.6) is 11.5 Å². The van der Waals surface area contributed by atoms with Crippen LogP contribution in [0, 0.1) is 11.1 Å². The molecule has 1 aliphatic rings. The molecule has 0 unspecified atom stereocenters. The van der Waals surface area contributed by atoms with E-state index >= 15 is 0 Å². The highest BCUT2D eigenvalue weighted by molar-refractivity contribution is 7.92. The van der Waals surface area contributed by atoms with E-state index < -0.39 is 41.0 Å². The minimum absolute atomic E-state index is 0.000963. The van der Waals surface area contributed by atoms with Crippen molar-refractivity contribution < 1.29 is 45.4 Å². The van der Waals surface area contributed by atoms with Gasteiger partial charge >= 0.3 is 18.3 Å². The molecular formula is C28H25Cl2F2N3O9S. The zero-order valence-electron chi connectivity index (χ0n) is 23.4. The van der Waals surface area contributed by atoms with E-state index in [1.165, 1.54) is 36.4 Å². The minimum Gasteiger partial charge on any atom is -0.619 e. The Morgan fingerprint density at radius 3 is 2.51 bits per heavy atom. The standard InChI is InChI=1S/C28H25Cl2F2N3O9S/c1-45(39,40)33-17-5-6-21-24(9-17)44-28(37)35(21)13-26(36)42-23(10-18-19(29)11-34(38)12-20(18)30)16-4-7-22(43-27(31)32)25(8-16)41-14-15-2-3-15/h4-9,11-12,15,23,27,33H,2-3,10,13-14H2,1H3/t23-/m0/s1. The van der Waals surface area contributed by atoms with Crippen LogP contribution >= 0.6 is 23.2 Å². The smallest absolute Gasteiger partial charge is 0.420 e. The number of halogens is 4. The Bertz CT molecular complexity index is 1890. The average molecular weight is 688 g/mol. The summed E-state index contributed by atoms with van der Waals surface area (Å²) in [7, 11) is -3.60. The molecule has 1 aliphatic carbocycles. The third-order valence-corrected chi connectivity index (χ3v) is 7.96. The van der Waals surface area contributed by atoms with Crippen molar-refractivity contribution in [2.45, 2.75) is 38.5 Å². The summed E-state index contributed by atoms with van der Waals surface area (Å²) in [6.45, 7) is -3.46. The number of anilines is 1. The predicted molar refractivity (Wildman–Crippen MR) is 158 cm³/mol. The van der Waals surface area contributed by atoms with Gasteiger partial charge in [0.15, 0.2) is 29.5 Å². The first kappa shape index (κ1) is 32.3. The van der Waals surface area contributed by atoms with E-state index in [0.717, 1.165) is 36.1 Å². The van der Waals surface area contributed by atoms with Gasteiger partial charge in [0.05, 0.1) is 24.1 Å². The van der Waals surface area contributed by atoms with Crippen molar-refractivity contribution in [3.8, 4) is 11.5 Å². The highest BCUT2D eigenvalue weighted by Gasteiger charge is 2.27. The van der Waals surface area contributed by atoms with E-state index in [-0.39, 0.29) is 62.8 Å². The van der Waals surface area contributed by atoms with Crippen LogP contribution in [-0.4, -0.2) is 38.4 Å². The number of oxazole rings is 1. The fourth-order valence-electron chi connectivity index (χ4n) is 4.48. The molecule has 5 rings (SSSR count). The second-order valence-electron chi connectivity index (χ2n) is 10.3. The van der Waals surface area contributed by atoms with Crippen molar-refractivity contribution in [1.29, 1.82) is 0 Å². The van der Waals surface area contributed by atoms with Crippen molar-refractivity contribution in [1.82, 2.24) is 4.57 Å². The second kappa shape index (κ2) is 13.1. The number of sulfonamides is 1. The maximum absolute atomic E-state index is 13.3. The van der Waals surface area contributed by atoms with Crippen LogP contribution in [0.25, 0.3) is 11.1 Å². The van der Waals surface area contributed by atoms with Crippen molar-refractivity contribution in [2.24, 2.45) is 5.92 Å². The van der Waals surface area contributed by atoms with Crippen molar-refractivity contribution >= 4 is 56.0 Å². The highest BCUT2D eigenvalue weighted by Crippen LogP contribution is 2.38. The number of pyridine rings is 1. The summed E-state index contributed by atoms with van der Waals surface area (Å²) < 4.78 is 74.4. The van der Waals surface area contributed by atoms with Crippen LogP contribution in [0.15, 0.2) is 58.0 Å². The number of aromatic nitrogens is 2. The summed E-state index contributed by atoms with van der Waals surface area (Å²) in [5.74, 6) is -1.75. The Balaban J connectivity index is 1.46. The number of alkyl halides is 2. The lowest BCUT2D eigenvalue weighted by atomic mass is 10.0. The van der Waals surface area contributed by atoms with E-state index in [4.69, 9.17) is 37.1 Å². The normalized spacial score (nSPS) is 14.0. The number of hydrogen-bond donors (Lipinski definition) is 1. The average Bonchev–Trinajstić information content (AvgIpc) is 3.71. The van der Waals surface area contributed by atoms with Crippen LogP contribution in [-0.2, 0) is 32.5 Å². The second-order valence-corrected chi connectivity index (χ2v) is 12.9. The zero-order chi connectivity index (χ0) is 32.5. The predicted octanol–water partition coefficient (Wildman–Crippen LogP) is 4.82. The molecule has 0 amide bonds. The summed E-state index contributed by atoms with van der Waals surface area (Å²) in [6, 6.07) is 8.11. The Morgan fingerprint density at radius 2 is 1.87 bits per heavy atom. The van der Waals surface area contributed by atoms with E-state index in [9.17, 15) is 32.0 Å². The third kappa shape index (κ3) is 8.35. The van der Waals surface area contributed by atoms with Crippen molar-refractivity contribution in [2.75, 3.05) is 17.6 Å². The molecule has 0 bridgehead atoms. The molecular weight excluding hydrogens is 663 g/mol. The molecule has 0 radical (unpaired) electrons. The van der Waals surface area contributed by atoms with Gasteiger partial charge in [0.25, 0.3) is 0 Å². The van der Waals surface area contributed by atoms with Crippen LogP contribution in [0.2, 0.25) is 10.0 Å². The number of hydrogen-bond acceptors (Lipinski definition) is 9. The van der Waals surface area contributed by atoms with Crippen LogP contribution < -0.4 is 24.7 Å². The number of rotatable bonds is 13. The monoisotopic (exact) mass is 687 g/mol. The molecule has 2 heterocycles. The fraction of sp³-hybridized carbons (Fsp3) is 0.321. The molecule has 2 aromatic heterocycles. The van der Waals surface area contributed by atoms with Gasteiger partial charge in [0.1, 0.15) is 22.7 Å². The van der Waals surface area contributed by atoms with Gasteiger partial charge < -0.3 is 23.8 Å². The van der Waals surface area contributed by atoms with Crippen LogP contribution in [0.3, 0.4) is 0 Å². The van der Waals surface area contributed by atoms with E-state index in [0.29, 0.717) is 10.3 Å². The number of esters is 1. The first-order valence-electron chi connectivity index (χ1n) is 13.3. The molecule has 2 aromatic carbocycles. The van der Waals surface area contributed by atoms with Gasteiger partial charge in [-0.3, -0.25) is 14.1 Å². The lowest BCUT2D eigenvalue weighted by molar-refractivity contribution is -0.605. The van der Waals surface area contributed by atoms with E-state index in [1.807, 2.05) is 0 Å². The Labute approximate surface area is 264 Å². The topological polar surface area (TPSA) is 153 Å². The van der Waals surface area contributed by atoms with Gasteiger partial charge in [-0.2, -0.15) is 13.5 Å². The first-order chi connectivity index (χ1) is 21.3. The lowest BCUT2D eigenvalue weighted by Gasteiger charge is -2.21. The largest absolute Gasteiger partial charge is 0.619 e. The molecule has 0 saturated heterocycles. The molecule has 17 heteroatoms. The van der Waals surface area contributed by atoms with Gasteiger partial charge in [0.2, 0.25) is 10.0 Å². The van der Waals surface area contributed by atoms with Crippen molar-refractivity contribution in [3.63, 3.8) is 0 Å². The number of benzene rings is 2. The number of fused-ring (bicyclic) bond motifs is 1. The minimum atomic E-state index is -3.60. The third-order valence-electron chi connectivity index (χ3n) is 6.71. The van der Waals surface area contributed by atoms with Crippen molar-refractivity contribution in [3.05, 3.63) is 85.7 Å². The maximum atomic E-state index is 13.3. The lowest BCUT2D eigenvalue weighted by Crippen LogP contribution is -2.26. The summed E-state index contributed by atoms with van der Waals surface area (Å²) in [5, 5.41) is 11.8. The molecule has 4 aromatic rings. The van der Waals surface area contributed by atoms with Crippen LogP contribution in [0.1, 0.15) is 30.1 Å². The maximum Gasteiger partial charge on any atom is 0.420 e. The molecule has 45 heavy (non-hydrogen) atoms. The molecule has 1 saturated carbocycles.